The number of nitrogens with one attached hydrogen (secondary N) is 2. The Bertz CT molecular complexity index is 1030. The minimum absolute atomic E-state index is 0.144. The number of nitrogens with zero attached hydrogens (tertiary/aromatic N) is 5. The van der Waals surface area contributed by atoms with Crippen LogP contribution in [0.15, 0.2) is 54.9 Å². The summed E-state index contributed by atoms with van der Waals surface area (Å²) in [4.78, 5) is 20.8. The quantitative estimate of drug-likeness (QED) is 0.539. The SMILES string of the molecule is CC(C)CC(NC(=O)c1ccc(-n2cnnn2)cc1)c1nc2ccccc2[nH]1. The summed E-state index contributed by atoms with van der Waals surface area (Å²) in [7, 11) is 0. The van der Waals surface area contributed by atoms with Crippen molar-refractivity contribution in [2.75, 3.05) is 0 Å². The van der Waals surface area contributed by atoms with Crippen LogP contribution in [-0.2, 0) is 0 Å². The number of benzene rings is 2. The fourth-order valence-corrected chi connectivity index (χ4v) is 3.13. The molecule has 142 valence electrons. The number of fused-ring (bicyclic) bond motifs is 1. The Morgan fingerprint density at radius 2 is 1.93 bits per heavy atom. The first kappa shape index (κ1) is 17.8. The highest BCUT2D eigenvalue weighted by Gasteiger charge is 2.20. The number of H-pyrrole nitrogens is 1. The summed E-state index contributed by atoms with van der Waals surface area (Å²) in [5.74, 6) is 1.03. The third kappa shape index (κ3) is 3.75. The molecule has 0 fully saturated rings. The van der Waals surface area contributed by atoms with E-state index in [0.29, 0.717) is 11.5 Å². The van der Waals surface area contributed by atoms with E-state index >= 15 is 0 Å². The van der Waals surface area contributed by atoms with Gasteiger partial charge in [0.25, 0.3) is 5.91 Å². The van der Waals surface area contributed by atoms with E-state index in [1.807, 2.05) is 36.4 Å². The lowest BCUT2D eigenvalue weighted by Crippen LogP contribution is -2.30. The molecular formula is C20H21N7O. The van der Waals surface area contributed by atoms with Crippen molar-refractivity contribution in [2.45, 2.75) is 26.3 Å². The minimum atomic E-state index is -0.195. The molecule has 28 heavy (non-hydrogen) atoms. The maximum atomic E-state index is 12.8. The molecule has 0 bridgehead atoms. The summed E-state index contributed by atoms with van der Waals surface area (Å²) >= 11 is 0. The number of hydrogen-bond donors (Lipinski definition) is 2. The molecule has 4 aromatic rings. The maximum Gasteiger partial charge on any atom is 0.251 e. The fraction of sp³-hybridized carbons (Fsp3) is 0.250. The lowest BCUT2D eigenvalue weighted by atomic mass is 10.0. The Morgan fingerprint density at radius 1 is 1.14 bits per heavy atom. The minimum Gasteiger partial charge on any atom is -0.342 e. The van der Waals surface area contributed by atoms with Crippen molar-refractivity contribution in [1.29, 1.82) is 0 Å². The zero-order chi connectivity index (χ0) is 19.5. The Balaban J connectivity index is 1.55. The summed E-state index contributed by atoms with van der Waals surface area (Å²) in [6, 6.07) is 14.8. The Hall–Kier alpha value is -3.55. The molecule has 2 N–H and O–H groups in total. The lowest BCUT2D eigenvalue weighted by molar-refractivity contribution is 0.0930. The van der Waals surface area contributed by atoms with Crippen LogP contribution in [0.4, 0.5) is 0 Å². The summed E-state index contributed by atoms with van der Waals surface area (Å²) in [6.45, 7) is 4.26. The molecule has 0 saturated carbocycles. The predicted molar refractivity (Wildman–Crippen MR) is 105 cm³/mol. The predicted octanol–water partition coefficient (Wildman–Crippen LogP) is 3.06. The van der Waals surface area contributed by atoms with E-state index in [4.69, 9.17) is 0 Å². The van der Waals surface area contributed by atoms with Gasteiger partial charge in [-0.25, -0.2) is 9.67 Å². The fourth-order valence-electron chi connectivity index (χ4n) is 3.13. The monoisotopic (exact) mass is 375 g/mol. The van der Waals surface area contributed by atoms with Crippen LogP contribution >= 0.6 is 0 Å². The van der Waals surface area contributed by atoms with Crippen molar-refractivity contribution in [2.24, 2.45) is 5.92 Å². The molecule has 1 atom stereocenters. The normalized spacial score (nSPS) is 12.4. The zero-order valence-corrected chi connectivity index (χ0v) is 15.7. The molecule has 1 unspecified atom stereocenters. The van der Waals surface area contributed by atoms with E-state index in [0.717, 1.165) is 29.0 Å². The van der Waals surface area contributed by atoms with E-state index in [-0.39, 0.29) is 11.9 Å². The molecule has 2 aromatic heterocycles. The number of imidazole rings is 1. The first-order chi connectivity index (χ1) is 13.6. The molecule has 8 nitrogen and oxygen atoms in total. The van der Waals surface area contributed by atoms with Gasteiger partial charge in [0.15, 0.2) is 0 Å². The summed E-state index contributed by atoms with van der Waals surface area (Å²) in [5, 5.41) is 14.2. The van der Waals surface area contributed by atoms with Gasteiger partial charge in [-0.2, -0.15) is 0 Å². The molecule has 0 saturated heterocycles. The van der Waals surface area contributed by atoms with E-state index in [9.17, 15) is 4.79 Å². The first-order valence-electron chi connectivity index (χ1n) is 9.19. The van der Waals surface area contributed by atoms with Crippen molar-refractivity contribution >= 4 is 16.9 Å². The number of carbonyl (C=O) groups is 1. The number of amides is 1. The van der Waals surface area contributed by atoms with Crippen LogP contribution in [0.1, 0.15) is 42.5 Å². The third-order valence-corrected chi connectivity index (χ3v) is 4.49. The molecule has 1 amide bonds. The van der Waals surface area contributed by atoms with Crippen molar-refractivity contribution in [3.05, 3.63) is 66.2 Å². The highest BCUT2D eigenvalue weighted by Crippen LogP contribution is 2.22. The van der Waals surface area contributed by atoms with Gasteiger partial charge in [0.2, 0.25) is 0 Å². The molecule has 2 heterocycles. The number of aromatic nitrogens is 6. The molecular weight excluding hydrogens is 354 g/mol. The van der Waals surface area contributed by atoms with Gasteiger partial charge in [0, 0.05) is 5.56 Å². The Morgan fingerprint density at radius 3 is 2.61 bits per heavy atom. The van der Waals surface area contributed by atoms with E-state index in [1.165, 1.54) is 11.0 Å². The largest absolute Gasteiger partial charge is 0.342 e. The third-order valence-electron chi connectivity index (χ3n) is 4.49. The van der Waals surface area contributed by atoms with Crippen LogP contribution in [0.3, 0.4) is 0 Å². The maximum absolute atomic E-state index is 12.8. The second kappa shape index (κ2) is 7.59. The van der Waals surface area contributed by atoms with Gasteiger partial charge >= 0.3 is 0 Å². The summed E-state index contributed by atoms with van der Waals surface area (Å²) in [6.07, 6.45) is 2.30. The molecule has 0 aliphatic heterocycles. The topological polar surface area (TPSA) is 101 Å². The molecule has 0 spiro atoms. The number of aromatic amines is 1. The summed E-state index contributed by atoms with van der Waals surface area (Å²) < 4.78 is 1.54. The van der Waals surface area contributed by atoms with E-state index in [2.05, 4.69) is 44.7 Å². The van der Waals surface area contributed by atoms with Crippen LogP contribution in [0.25, 0.3) is 16.7 Å². The van der Waals surface area contributed by atoms with Gasteiger partial charge in [0.05, 0.1) is 22.8 Å². The molecule has 8 heteroatoms. The second-order valence-corrected chi connectivity index (χ2v) is 7.10. The first-order valence-corrected chi connectivity index (χ1v) is 9.19. The highest BCUT2D eigenvalue weighted by atomic mass is 16.1. The van der Waals surface area contributed by atoms with Gasteiger partial charge in [-0.05, 0) is 59.2 Å². The average molecular weight is 375 g/mol. The van der Waals surface area contributed by atoms with E-state index < -0.39 is 0 Å². The van der Waals surface area contributed by atoms with Crippen molar-refractivity contribution in [1.82, 2.24) is 35.5 Å². The Kier molecular flexibility index (Phi) is 4.84. The van der Waals surface area contributed by atoms with Gasteiger partial charge in [0.1, 0.15) is 12.2 Å². The number of hydrogen-bond acceptors (Lipinski definition) is 5. The van der Waals surface area contributed by atoms with Crippen LogP contribution in [0.2, 0.25) is 0 Å². The van der Waals surface area contributed by atoms with Gasteiger partial charge in [-0.15, -0.1) is 5.10 Å². The molecule has 0 aliphatic rings. The second-order valence-electron chi connectivity index (χ2n) is 7.10. The van der Waals surface area contributed by atoms with Crippen LogP contribution in [-0.4, -0.2) is 36.1 Å². The van der Waals surface area contributed by atoms with Crippen molar-refractivity contribution in [3.8, 4) is 5.69 Å². The average Bonchev–Trinajstić information content (AvgIpc) is 3.37. The lowest BCUT2D eigenvalue weighted by Gasteiger charge is -2.19. The van der Waals surface area contributed by atoms with Crippen molar-refractivity contribution in [3.63, 3.8) is 0 Å². The number of rotatable bonds is 6. The van der Waals surface area contributed by atoms with Crippen LogP contribution in [0.5, 0.6) is 0 Å². The smallest absolute Gasteiger partial charge is 0.251 e. The molecule has 0 radical (unpaired) electrons. The van der Waals surface area contributed by atoms with Crippen molar-refractivity contribution < 1.29 is 4.79 Å². The van der Waals surface area contributed by atoms with Gasteiger partial charge in [-0.3, -0.25) is 4.79 Å². The standard InChI is InChI=1S/C20H21N7O/c1-13(2)11-18(19-22-16-5-3-4-6-17(16)23-19)24-20(28)14-7-9-15(10-8-14)27-12-21-25-26-27/h3-10,12-13,18H,11H2,1-2H3,(H,22,23)(H,24,28). The highest BCUT2D eigenvalue weighted by molar-refractivity contribution is 5.94. The summed E-state index contributed by atoms with van der Waals surface area (Å²) in [5.41, 5.74) is 3.22. The zero-order valence-electron chi connectivity index (χ0n) is 15.7. The van der Waals surface area contributed by atoms with E-state index in [1.54, 1.807) is 12.1 Å². The molecule has 4 rings (SSSR count). The molecule has 2 aromatic carbocycles. The van der Waals surface area contributed by atoms with Crippen LogP contribution < -0.4 is 5.32 Å². The Labute approximate surface area is 162 Å². The number of tetrazole rings is 1. The van der Waals surface area contributed by atoms with Gasteiger partial charge in [-0.1, -0.05) is 26.0 Å². The number of para-hydroxylation sites is 2. The van der Waals surface area contributed by atoms with Crippen LogP contribution in [0, 0.1) is 5.92 Å². The van der Waals surface area contributed by atoms with Gasteiger partial charge < -0.3 is 10.3 Å². The molecule has 0 aliphatic carbocycles. The number of carbonyl (C=O) groups excluding carboxylic acids is 1.